The van der Waals surface area contributed by atoms with Gasteiger partial charge in [0.25, 0.3) is 0 Å². The molecule has 1 aliphatic heterocycles. The van der Waals surface area contributed by atoms with Crippen LogP contribution in [0.3, 0.4) is 0 Å². The standard InChI is InChI=1S/C36H52ClF6NO2/c1-33-22-28(38)31-25-14-15-29(45)32(37)26(25)21-23(30(31)27(33)16-18-34(33,2)46)11-6-5-9-19-44-20-10-13-24(44)12-7-3-4-8-17-35(39,40)36(41,42)43/h14-15,23-24,27-28,30-31,45-46H,3-13,16-22H2,1-2H3/t23?,24-,27+,28+,30+,31+,33+,34-/m1/s1. The van der Waals surface area contributed by atoms with Crippen molar-refractivity contribution in [3.05, 3.63) is 28.3 Å². The van der Waals surface area contributed by atoms with Crippen molar-refractivity contribution in [2.24, 2.45) is 23.2 Å². The second-order valence-electron chi connectivity index (χ2n) is 15.4. The van der Waals surface area contributed by atoms with Gasteiger partial charge in [-0.05, 0) is 119 Å². The molecule has 0 radical (unpaired) electrons. The topological polar surface area (TPSA) is 43.7 Å². The Balaban J connectivity index is 1.11. The van der Waals surface area contributed by atoms with Gasteiger partial charge >= 0.3 is 12.1 Å². The van der Waals surface area contributed by atoms with Crippen LogP contribution in [0.2, 0.25) is 5.02 Å². The molecule has 1 unspecified atom stereocenters. The highest BCUT2D eigenvalue weighted by atomic mass is 35.5. The first-order valence-corrected chi connectivity index (χ1v) is 18.0. The van der Waals surface area contributed by atoms with Gasteiger partial charge in [0.05, 0.1) is 10.6 Å². The van der Waals surface area contributed by atoms with E-state index in [4.69, 9.17) is 11.6 Å². The number of aliphatic hydroxyl groups is 1. The average Bonchev–Trinajstić information content (AvgIpc) is 3.51. The van der Waals surface area contributed by atoms with Crippen LogP contribution in [-0.4, -0.2) is 58.1 Å². The average molecular weight is 680 g/mol. The molecular formula is C36H52ClF6NO2. The fourth-order valence-electron chi connectivity index (χ4n) is 9.95. The summed E-state index contributed by atoms with van der Waals surface area (Å²) in [7, 11) is 0. The van der Waals surface area contributed by atoms with Crippen LogP contribution in [0.25, 0.3) is 0 Å². The first-order chi connectivity index (χ1) is 21.6. The Labute approximate surface area is 275 Å². The first-order valence-electron chi connectivity index (χ1n) is 17.6. The summed E-state index contributed by atoms with van der Waals surface area (Å²) in [5, 5.41) is 22.1. The Morgan fingerprint density at radius 2 is 1.65 bits per heavy atom. The Hall–Kier alpha value is -1.19. The predicted octanol–water partition coefficient (Wildman–Crippen LogP) is 10.4. The van der Waals surface area contributed by atoms with Gasteiger partial charge < -0.3 is 15.1 Å². The van der Waals surface area contributed by atoms with Crippen molar-refractivity contribution in [1.29, 1.82) is 0 Å². The predicted molar refractivity (Wildman–Crippen MR) is 169 cm³/mol. The number of alkyl halides is 6. The number of unbranched alkanes of at least 4 members (excludes halogenated alkanes) is 5. The summed E-state index contributed by atoms with van der Waals surface area (Å²) in [6.45, 7) is 5.98. The number of phenols is 1. The zero-order valence-corrected chi connectivity index (χ0v) is 28.1. The molecule has 262 valence electrons. The van der Waals surface area contributed by atoms with E-state index >= 15 is 4.39 Å². The Morgan fingerprint density at radius 3 is 2.39 bits per heavy atom. The van der Waals surface area contributed by atoms with Crippen LogP contribution in [0.5, 0.6) is 5.75 Å². The van der Waals surface area contributed by atoms with Crippen molar-refractivity contribution >= 4 is 11.6 Å². The molecular weight excluding hydrogens is 628 g/mol. The molecule has 0 aromatic heterocycles. The molecule has 1 heterocycles. The number of rotatable bonds is 13. The molecule has 4 aliphatic rings. The number of nitrogens with zero attached hydrogens (tertiary/aromatic N) is 1. The molecule has 3 nitrogen and oxygen atoms in total. The zero-order chi connectivity index (χ0) is 33.5. The lowest BCUT2D eigenvalue weighted by molar-refractivity contribution is -0.284. The summed E-state index contributed by atoms with van der Waals surface area (Å²) in [6.07, 6.45) is 3.94. The van der Waals surface area contributed by atoms with E-state index < -0.39 is 35.7 Å². The van der Waals surface area contributed by atoms with Crippen molar-refractivity contribution in [2.45, 2.75) is 152 Å². The molecule has 1 aromatic carbocycles. The quantitative estimate of drug-likeness (QED) is 0.161. The minimum atomic E-state index is -5.47. The van der Waals surface area contributed by atoms with Gasteiger partial charge in [0.15, 0.2) is 0 Å². The number of hydrogen-bond acceptors (Lipinski definition) is 3. The third-order valence-electron chi connectivity index (χ3n) is 12.7. The molecule has 3 aliphatic carbocycles. The number of aromatic hydroxyl groups is 1. The largest absolute Gasteiger partial charge is 0.506 e. The van der Waals surface area contributed by atoms with Gasteiger partial charge in [0, 0.05) is 23.8 Å². The molecule has 10 heteroatoms. The summed E-state index contributed by atoms with van der Waals surface area (Å²) in [5.74, 6) is -4.25. The highest BCUT2D eigenvalue weighted by molar-refractivity contribution is 6.32. The molecule has 0 amide bonds. The number of fused-ring (bicyclic) bond motifs is 5. The highest BCUT2D eigenvalue weighted by Gasteiger charge is 2.64. The molecule has 8 atom stereocenters. The fourth-order valence-corrected chi connectivity index (χ4v) is 10.2. The van der Waals surface area contributed by atoms with E-state index in [0.29, 0.717) is 43.2 Å². The summed E-state index contributed by atoms with van der Waals surface area (Å²) in [5.41, 5.74) is 0.462. The maximum absolute atomic E-state index is 16.2. The van der Waals surface area contributed by atoms with Crippen molar-refractivity contribution in [2.75, 3.05) is 13.1 Å². The number of benzene rings is 1. The van der Waals surface area contributed by atoms with Gasteiger partial charge in [0.1, 0.15) is 11.9 Å². The SMILES string of the molecule is C[C@]12C[C@H](F)[C@@H]3c4ccc(O)c(Cl)c4CC(CCCCCN4CCC[C@H]4CCCCCCC(F)(F)C(F)(F)F)[C@H]3[C@@H]1CC[C@@]2(C)O. The molecule has 2 saturated carbocycles. The molecule has 1 saturated heterocycles. The third kappa shape index (κ3) is 7.08. The molecule has 3 fully saturated rings. The van der Waals surface area contributed by atoms with E-state index in [1.54, 1.807) is 6.07 Å². The van der Waals surface area contributed by atoms with Gasteiger partial charge in [-0.3, -0.25) is 0 Å². The van der Waals surface area contributed by atoms with Crippen molar-refractivity contribution in [3.8, 4) is 5.75 Å². The Kier molecular flexibility index (Phi) is 11.0. The van der Waals surface area contributed by atoms with Gasteiger partial charge in [-0.2, -0.15) is 22.0 Å². The van der Waals surface area contributed by atoms with Gasteiger partial charge in [0.2, 0.25) is 0 Å². The second kappa shape index (κ2) is 14.0. The van der Waals surface area contributed by atoms with E-state index in [9.17, 15) is 32.2 Å². The van der Waals surface area contributed by atoms with Crippen LogP contribution in [0, 0.1) is 23.2 Å². The molecule has 46 heavy (non-hydrogen) atoms. The molecule has 0 bridgehead atoms. The summed E-state index contributed by atoms with van der Waals surface area (Å²) in [4.78, 5) is 2.51. The molecule has 0 spiro atoms. The zero-order valence-electron chi connectivity index (χ0n) is 27.3. The minimum Gasteiger partial charge on any atom is -0.506 e. The number of phenolic OH excluding ortho intramolecular Hbond substituents is 1. The Morgan fingerprint density at radius 1 is 0.957 bits per heavy atom. The maximum Gasteiger partial charge on any atom is 0.453 e. The highest BCUT2D eigenvalue weighted by Crippen LogP contribution is 2.66. The smallest absolute Gasteiger partial charge is 0.453 e. The van der Waals surface area contributed by atoms with Gasteiger partial charge in [-0.1, -0.05) is 56.7 Å². The summed E-state index contributed by atoms with van der Waals surface area (Å²) < 4.78 is 79.5. The number of likely N-dealkylation sites (tertiary alicyclic amines) is 1. The second-order valence-corrected chi connectivity index (χ2v) is 15.8. The van der Waals surface area contributed by atoms with Crippen LogP contribution >= 0.6 is 11.6 Å². The summed E-state index contributed by atoms with van der Waals surface area (Å²) >= 11 is 6.62. The molecule has 1 aromatic rings. The lowest BCUT2D eigenvalue weighted by Gasteiger charge is -2.56. The Bertz CT molecular complexity index is 1190. The number of halogens is 7. The fraction of sp³-hybridized carbons (Fsp3) is 0.833. The lowest BCUT2D eigenvalue weighted by atomic mass is 9.50. The third-order valence-corrected chi connectivity index (χ3v) is 13.1. The minimum absolute atomic E-state index is 0.0423. The van der Waals surface area contributed by atoms with Crippen LogP contribution in [-0.2, 0) is 6.42 Å². The van der Waals surface area contributed by atoms with E-state index in [1.165, 1.54) is 0 Å². The van der Waals surface area contributed by atoms with Gasteiger partial charge in [-0.25, -0.2) is 4.39 Å². The molecule has 2 N–H and O–H groups in total. The van der Waals surface area contributed by atoms with E-state index in [-0.39, 0.29) is 35.8 Å². The van der Waals surface area contributed by atoms with E-state index in [0.717, 1.165) is 82.0 Å². The monoisotopic (exact) mass is 679 g/mol. The van der Waals surface area contributed by atoms with Crippen LogP contribution in [0.4, 0.5) is 26.3 Å². The maximum atomic E-state index is 16.2. The number of hydrogen-bond donors (Lipinski definition) is 2. The van der Waals surface area contributed by atoms with Crippen LogP contribution in [0.15, 0.2) is 12.1 Å². The van der Waals surface area contributed by atoms with Crippen molar-refractivity contribution in [1.82, 2.24) is 4.90 Å². The lowest BCUT2D eigenvalue weighted by Crippen LogP contribution is -2.55. The summed E-state index contributed by atoms with van der Waals surface area (Å²) in [6, 6.07) is 3.90. The van der Waals surface area contributed by atoms with Crippen molar-refractivity contribution < 1.29 is 36.6 Å². The van der Waals surface area contributed by atoms with Gasteiger partial charge in [-0.15, -0.1) is 0 Å². The first kappa shape index (κ1) is 36.1. The van der Waals surface area contributed by atoms with Crippen molar-refractivity contribution in [3.63, 3.8) is 0 Å². The normalized spacial score (nSPS) is 34.8. The van der Waals surface area contributed by atoms with E-state index in [2.05, 4.69) is 11.8 Å². The molecule has 5 rings (SSSR count). The van der Waals surface area contributed by atoms with E-state index in [1.807, 2.05) is 13.0 Å². The van der Waals surface area contributed by atoms with Crippen LogP contribution in [0.1, 0.15) is 127 Å². The van der Waals surface area contributed by atoms with Crippen LogP contribution < -0.4 is 0 Å².